The molecule has 56 valence electrons. The minimum Gasteiger partial charge on any atom is -0.333 e. The van der Waals surface area contributed by atoms with Crippen molar-refractivity contribution in [3.8, 4) is 0 Å². The van der Waals surface area contributed by atoms with Gasteiger partial charge in [-0.1, -0.05) is 11.6 Å². The van der Waals surface area contributed by atoms with Gasteiger partial charge in [-0.15, -0.1) is 0 Å². The maximum atomic E-state index is 5.53. The van der Waals surface area contributed by atoms with Gasteiger partial charge in [0.1, 0.15) is 5.15 Å². The summed E-state index contributed by atoms with van der Waals surface area (Å²) in [4.78, 5) is 3.81. The van der Waals surface area contributed by atoms with Gasteiger partial charge in [0.05, 0.1) is 0 Å². The van der Waals surface area contributed by atoms with Gasteiger partial charge in [0.15, 0.2) is 0 Å². The van der Waals surface area contributed by atoms with E-state index in [0.29, 0.717) is 5.15 Å². The first-order valence-electron chi connectivity index (χ1n) is 2.95. The van der Waals surface area contributed by atoms with E-state index in [2.05, 4.69) is 10.7 Å². The summed E-state index contributed by atoms with van der Waals surface area (Å²) in [7, 11) is 1.50. The predicted molar refractivity (Wildman–Crippen MR) is 44.1 cm³/mol. The number of aryl methyl sites for hydroxylation is 1. The Morgan fingerprint density at radius 3 is 2.40 bits per heavy atom. The van der Waals surface area contributed by atoms with Crippen molar-refractivity contribution in [2.75, 3.05) is 7.05 Å². The highest BCUT2D eigenvalue weighted by atomic mass is 35.5. The summed E-state index contributed by atoms with van der Waals surface area (Å²) >= 11 is 5.53. The molecule has 0 aromatic carbocycles. The summed E-state index contributed by atoms with van der Waals surface area (Å²) in [5, 5.41) is 0.560. The van der Waals surface area contributed by atoms with Crippen LogP contribution in [0, 0.1) is 6.92 Å². The Labute approximate surface area is 66.0 Å². The van der Waals surface area contributed by atoms with Gasteiger partial charge in [-0.05, 0) is 31.7 Å². The van der Waals surface area contributed by atoms with E-state index in [1.165, 1.54) is 7.05 Å². The molecule has 0 aliphatic heterocycles. The largest absolute Gasteiger partial charge is 0.333 e. The molecule has 0 amide bonds. The molecular formula is C7H11ClN2. The smallest absolute Gasteiger partial charge is 0.129 e. The number of hydrogen-bond acceptors (Lipinski definition) is 2. The van der Waals surface area contributed by atoms with Gasteiger partial charge < -0.3 is 5.73 Å². The Morgan fingerprint density at radius 1 is 1.50 bits per heavy atom. The third-order valence-corrected chi connectivity index (χ3v) is 1.09. The quantitative estimate of drug-likeness (QED) is 0.583. The molecule has 2 N–H and O–H groups in total. The van der Waals surface area contributed by atoms with E-state index >= 15 is 0 Å². The molecule has 0 atom stereocenters. The molecule has 0 saturated heterocycles. The first kappa shape index (κ1) is 9.40. The second kappa shape index (κ2) is 5.21. The number of rotatable bonds is 0. The second-order valence-electron chi connectivity index (χ2n) is 1.66. The van der Waals surface area contributed by atoms with Crippen LogP contribution in [0.1, 0.15) is 5.56 Å². The molecule has 0 spiro atoms. The van der Waals surface area contributed by atoms with Crippen LogP contribution < -0.4 is 5.73 Å². The molecule has 0 fully saturated rings. The third-order valence-electron chi connectivity index (χ3n) is 0.882. The van der Waals surface area contributed by atoms with Crippen molar-refractivity contribution >= 4 is 11.6 Å². The second-order valence-corrected chi connectivity index (χ2v) is 2.04. The van der Waals surface area contributed by atoms with Gasteiger partial charge in [0, 0.05) is 6.20 Å². The average Bonchev–Trinajstić information content (AvgIpc) is 1.91. The number of halogens is 1. The molecule has 0 bridgehead atoms. The molecule has 1 rings (SSSR count). The highest BCUT2D eigenvalue weighted by Gasteiger charge is 1.84. The first-order valence-corrected chi connectivity index (χ1v) is 3.33. The van der Waals surface area contributed by atoms with Crippen LogP contribution >= 0.6 is 11.6 Å². The van der Waals surface area contributed by atoms with Crippen LogP contribution in [0.2, 0.25) is 5.15 Å². The summed E-state index contributed by atoms with van der Waals surface area (Å²) in [5.74, 6) is 0. The number of hydrogen-bond donors (Lipinski definition) is 1. The SMILES string of the molecule is CN.Cc1ccnc(Cl)c1. The lowest BCUT2D eigenvalue weighted by atomic mass is 10.3. The predicted octanol–water partition coefficient (Wildman–Crippen LogP) is 1.62. The van der Waals surface area contributed by atoms with Crippen molar-refractivity contribution in [1.82, 2.24) is 4.98 Å². The normalized spacial score (nSPS) is 8.00. The fraction of sp³-hybridized carbons (Fsp3) is 0.286. The third kappa shape index (κ3) is 3.43. The molecule has 1 aromatic heterocycles. The van der Waals surface area contributed by atoms with Crippen molar-refractivity contribution in [2.24, 2.45) is 5.73 Å². The average molecular weight is 159 g/mol. The van der Waals surface area contributed by atoms with Gasteiger partial charge in [-0.3, -0.25) is 0 Å². The lowest BCUT2D eigenvalue weighted by Crippen LogP contribution is -1.73. The number of pyridine rings is 1. The number of aromatic nitrogens is 1. The molecule has 0 aliphatic carbocycles. The molecular weight excluding hydrogens is 148 g/mol. The van der Waals surface area contributed by atoms with Gasteiger partial charge in [-0.2, -0.15) is 0 Å². The zero-order valence-electron chi connectivity index (χ0n) is 6.13. The van der Waals surface area contributed by atoms with Gasteiger partial charge in [0.25, 0.3) is 0 Å². The molecule has 1 aromatic rings. The van der Waals surface area contributed by atoms with E-state index in [1.54, 1.807) is 6.20 Å². The van der Waals surface area contributed by atoms with E-state index in [1.807, 2.05) is 19.1 Å². The maximum Gasteiger partial charge on any atom is 0.129 e. The van der Waals surface area contributed by atoms with Gasteiger partial charge in [-0.25, -0.2) is 4.98 Å². The summed E-state index contributed by atoms with van der Waals surface area (Å²) in [6.45, 7) is 1.98. The fourth-order valence-corrected chi connectivity index (χ4v) is 0.728. The van der Waals surface area contributed by atoms with E-state index in [-0.39, 0.29) is 0 Å². The molecule has 2 nitrogen and oxygen atoms in total. The summed E-state index contributed by atoms with van der Waals surface area (Å²) in [6, 6.07) is 3.73. The Kier molecular flexibility index (Phi) is 4.89. The topological polar surface area (TPSA) is 38.9 Å². The summed E-state index contributed by atoms with van der Waals surface area (Å²) in [5.41, 5.74) is 5.64. The minimum atomic E-state index is 0.560. The summed E-state index contributed by atoms with van der Waals surface area (Å²) in [6.07, 6.45) is 1.69. The minimum absolute atomic E-state index is 0.560. The maximum absolute atomic E-state index is 5.53. The molecule has 0 aliphatic rings. The van der Waals surface area contributed by atoms with Gasteiger partial charge in [0.2, 0.25) is 0 Å². The van der Waals surface area contributed by atoms with E-state index in [9.17, 15) is 0 Å². The van der Waals surface area contributed by atoms with Crippen LogP contribution in [0.3, 0.4) is 0 Å². The van der Waals surface area contributed by atoms with Crippen molar-refractivity contribution in [3.63, 3.8) is 0 Å². The van der Waals surface area contributed by atoms with Crippen molar-refractivity contribution in [3.05, 3.63) is 29.0 Å². The van der Waals surface area contributed by atoms with Crippen molar-refractivity contribution < 1.29 is 0 Å². The van der Waals surface area contributed by atoms with E-state index in [0.717, 1.165) is 5.56 Å². The Balaban J connectivity index is 0.000000371. The zero-order chi connectivity index (χ0) is 7.98. The molecule has 0 radical (unpaired) electrons. The lowest BCUT2D eigenvalue weighted by molar-refractivity contribution is 1.29. The number of nitrogens with two attached hydrogens (primary N) is 1. The molecule has 1 heterocycles. The van der Waals surface area contributed by atoms with Crippen LogP contribution in [0.5, 0.6) is 0 Å². The molecule has 0 unspecified atom stereocenters. The van der Waals surface area contributed by atoms with E-state index < -0.39 is 0 Å². The van der Waals surface area contributed by atoms with Crippen LogP contribution in [-0.4, -0.2) is 12.0 Å². The van der Waals surface area contributed by atoms with Crippen molar-refractivity contribution in [2.45, 2.75) is 6.92 Å². The molecule has 0 saturated carbocycles. The van der Waals surface area contributed by atoms with Crippen LogP contribution in [0.15, 0.2) is 18.3 Å². The highest BCUT2D eigenvalue weighted by molar-refractivity contribution is 6.29. The Bertz CT molecular complexity index is 171. The lowest BCUT2D eigenvalue weighted by Gasteiger charge is -1.88. The van der Waals surface area contributed by atoms with E-state index in [4.69, 9.17) is 11.6 Å². The monoisotopic (exact) mass is 158 g/mol. The molecule has 10 heavy (non-hydrogen) atoms. The van der Waals surface area contributed by atoms with Gasteiger partial charge >= 0.3 is 0 Å². The Hall–Kier alpha value is -0.600. The Morgan fingerprint density at radius 2 is 2.10 bits per heavy atom. The van der Waals surface area contributed by atoms with Crippen LogP contribution in [0.25, 0.3) is 0 Å². The fourth-order valence-electron chi connectivity index (χ4n) is 0.499. The first-order chi connectivity index (χ1) is 4.79. The van der Waals surface area contributed by atoms with Crippen LogP contribution in [-0.2, 0) is 0 Å². The van der Waals surface area contributed by atoms with Crippen LogP contribution in [0.4, 0.5) is 0 Å². The standard InChI is InChI=1S/C6H6ClN.CH5N/c1-5-2-3-8-6(7)4-5;1-2/h2-4H,1H3;2H2,1H3. The number of nitrogens with zero attached hydrogens (tertiary/aromatic N) is 1. The molecule has 3 heteroatoms. The van der Waals surface area contributed by atoms with Crippen molar-refractivity contribution in [1.29, 1.82) is 0 Å². The summed E-state index contributed by atoms with van der Waals surface area (Å²) < 4.78 is 0. The zero-order valence-corrected chi connectivity index (χ0v) is 6.89. The highest BCUT2D eigenvalue weighted by Crippen LogP contribution is 2.04.